The Morgan fingerprint density at radius 3 is 2.42 bits per heavy atom. The van der Waals surface area contributed by atoms with Crippen molar-refractivity contribution in [3.8, 4) is 0 Å². The van der Waals surface area contributed by atoms with E-state index in [0.717, 1.165) is 12.8 Å². The highest BCUT2D eigenvalue weighted by Gasteiger charge is 2.42. The molecule has 0 bridgehead atoms. The molecule has 0 amide bonds. The van der Waals surface area contributed by atoms with Gasteiger partial charge in [0.2, 0.25) is 0 Å². The summed E-state index contributed by atoms with van der Waals surface area (Å²) in [5, 5.41) is 0.232. The fourth-order valence-electron chi connectivity index (χ4n) is 2.53. The van der Waals surface area contributed by atoms with Crippen molar-refractivity contribution in [3.05, 3.63) is 0 Å². The van der Waals surface area contributed by atoms with Gasteiger partial charge in [-0.05, 0) is 31.0 Å². The van der Waals surface area contributed by atoms with Crippen LogP contribution in [0.5, 0.6) is 0 Å². The zero-order valence-electron chi connectivity index (χ0n) is 13.7. The number of Topliss-reactive ketones (excluding diaryl/α,β-unsaturated/α-hetero) is 1. The van der Waals surface area contributed by atoms with E-state index in [1.165, 1.54) is 19.3 Å². The normalized spacial score (nSPS) is 25.1. The lowest BCUT2D eigenvalue weighted by Crippen LogP contribution is -2.43. The first-order chi connectivity index (χ1) is 8.67. The molecule has 19 heavy (non-hydrogen) atoms. The van der Waals surface area contributed by atoms with Crippen molar-refractivity contribution in [2.45, 2.75) is 90.5 Å². The summed E-state index contributed by atoms with van der Waals surface area (Å²) in [4.78, 5) is 12.0. The lowest BCUT2D eigenvalue weighted by Gasteiger charge is -2.38. The maximum atomic E-state index is 12.0. The second-order valence-corrected chi connectivity index (χ2v) is 12.4. The lowest BCUT2D eigenvalue weighted by atomic mass is 9.99. The van der Waals surface area contributed by atoms with Crippen LogP contribution in [0.4, 0.5) is 0 Å². The van der Waals surface area contributed by atoms with E-state index in [0.29, 0.717) is 12.2 Å². The topological polar surface area (TPSA) is 26.3 Å². The summed E-state index contributed by atoms with van der Waals surface area (Å²) in [5.41, 5.74) is 0. The summed E-state index contributed by atoms with van der Waals surface area (Å²) in [6, 6.07) is 0. The molecule has 0 aromatic rings. The second-order valence-electron chi connectivity index (χ2n) is 7.60. The highest BCUT2D eigenvalue weighted by Crippen LogP contribution is 2.40. The average molecular weight is 285 g/mol. The zero-order chi connectivity index (χ0) is 14.7. The zero-order valence-corrected chi connectivity index (χ0v) is 14.7. The predicted octanol–water partition coefficient (Wildman–Crippen LogP) is 4.94. The molecular formula is C16H32O2Si. The molecule has 0 aliphatic heterocycles. The van der Waals surface area contributed by atoms with Gasteiger partial charge in [-0.3, -0.25) is 4.79 Å². The van der Waals surface area contributed by atoms with Crippen LogP contribution in [0.3, 0.4) is 0 Å². The molecule has 2 nitrogen and oxygen atoms in total. The minimum Gasteiger partial charge on any atom is -0.413 e. The number of rotatable bonds is 6. The number of unbranched alkanes of at least 4 members (excludes halogenated alkanes) is 2. The quantitative estimate of drug-likeness (QED) is 0.510. The fourth-order valence-corrected chi connectivity index (χ4v) is 3.89. The van der Waals surface area contributed by atoms with Crippen LogP contribution in [0.1, 0.15) is 66.2 Å². The summed E-state index contributed by atoms with van der Waals surface area (Å²) in [7, 11) is -1.72. The summed E-state index contributed by atoms with van der Waals surface area (Å²) in [6.45, 7) is 13.5. The maximum absolute atomic E-state index is 12.0. The molecule has 112 valence electrons. The number of ketones is 1. The van der Waals surface area contributed by atoms with Crippen molar-refractivity contribution in [3.63, 3.8) is 0 Å². The van der Waals surface area contributed by atoms with Gasteiger partial charge in [-0.25, -0.2) is 0 Å². The monoisotopic (exact) mass is 284 g/mol. The van der Waals surface area contributed by atoms with E-state index in [1.54, 1.807) is 0 Å². The third-order valence-electron chi connectivity index (χ3n) is 4.86. The van der Waals surface area contributed by atoms with Crippen LogP contribution in [-0.2, 0) is 9.22 Å². The Balaban J connectivity index is 2.49. The van der Waals surface area contributed by atoms with E-state index in [-0.39, 0.29) is 17.1 Å². The smallest absolute Gasteiger partial charge is 0.192 e. The van der Waals surface area contributed by atoms with E-state index < -0.39 is 8.32 Å². The van der Waals surface area contributed by atoms with Gasteiger partial charge in [0.25, 0.3) is 0 Å². The van der Waals surface area contributed by atoms with Crippen molar-refractivity contribution in [1.29, 1.82) is 0 Å². The standard InChI is InChI=1S/C16H32O2Si/c1-7-8-9-10-13-11-14(12-15(13)17)18-19(5,6)16(2,3)4/h13-14H,7-12H2,1-6H3/t13-,14?/m1/s1. The largest absolute Gasteiger partial charge is 0.413 e. The van der Waals surface area contributed by atoms with Gasteiger partial charge in [0.15, 0.2) is 8.32 Å². The molecule has 1 saturated carbocycles. The molecule has 1 rings (SSSR count). The van der Waals surface area contributed by atoms with Crippen LogP contribution in [0.2, 0.25) is 18.1 Å². The van der Waals surface area contributed by atoms with Crippen LogP contribution in [0.15, 0.2) is 0 Å². The number of hydrogen-bond acceptors (Lipinski definition) is 2. The van der Waals surface area contributed by atoms with Gasteiger partial charge in [0.05, 0.1) is 6.10 Å². The van der Waals surface area contributed by atoms with Crippen LogP contribution in [0.25, 0.3) is 0 Å². The molecule has 0 aromatic carbocycles. The molecule has 1 aliphatic rings. The van der Waals surface area contributed by atoms with Crippen LogP contribution >= 0.6 is 0 Å². The summed E-state index contributed by atoms with van der Waals surface area (Å²) in [5.74, 6) is 0.723. The van der Waals surface area contributed by atoms with Gasteiger partial charge in [-0.2, -0.15) is 0 Å². The van der Waals surface area contributed by atoms with Gasteiger partial charge in [0, 0.05) is 12.3 Å². The Morgan fingerprint density at radius 2 is 1.89 bits per heavy atom. The molecule has 1 fully saturated rings. The molecular weight excluding hydrogens is 252 g/mol. The Morgan fingerprint density at radius 1 is 1.26 bits per heavy atom. The third-order valence-corrected chi connectivity index (χ3v) is 9.39. The second kappa shape index (κ2) is 6.53. The van der Waals surface area contributed by atoms with Crippen molar-refractivity contribution in [2.75, 3.05) is 0 Å². The predicted molar refractivity (Wildman–Crippen MR) is 83.9 cm³/mol. The highest BCUT2D eigenvalue weighted by atomic mass is 28.4. The van der Waals surface area contributed by atoms with Gasteiger partial charge in [-0.15, -0.1) is 0 Å². The van der Waals surface area contributed by atoms with Gasteiger partial charge in [-0.1, -0.05) is 47.0 Å². The van der Waals surface area contributed by atoms with Gasteiger partial charge >= 0.3 is 0 Å². The van der Waals surface area contributed by atoms with E-state index in [4.69, 9.17) is 4.43 Å². The Labute approximate surface area is 120 Å². The summed E-state index contributed by atoms with van der Waals surface area (Å²) < 4.78 is 6.39. The molecule has 3 heteroatoms. The molecule has 0 N–H and O–H groups in total. The molecule has 1 aliphatic carbocycles. The van der Waals surface area contributed by atoms with Gasteiger partial charge in [0.1, 0.15) is 5.78 Å². The van der Waals surface area contributed by atoms with Crippen molar-refractivity contribution < 1.29 is 9.22 Å². The Bertz CT molecular complexity index is 304. The molecule has 0 saturated heterocycles. The first-order valence-corrected chi connectivity index (χ1v) is 10.8. The first-order valence-electron chi connectivity index (χ1n) is 7.88. The maximum Gasteiger partial charge on any atom is 0.192 e. The van der Waals surface area contributed by atoms with Crippen LogP contribution < -0.4 is 0 Å². The molecule has 0 heterocycles. The summed E-state index contributed by atoms with van der Waals surface area (Å²) >= 11 is 0. The number of hydrogen-bond donors (Lipinski definition) is 0. The Hall–Kier alpha value is -0.153. The number of carbonyl (C=O) groups is 1. The average Bonchev–Trinajstić information content (AvgIpc) is 2.57. The minimum atomic E-state index is -1.72. The molecule has 2 atom stereocenters. The van der Waals surface area contributed by atoms with Crippen molar-refractivity contribution in [1.82, 2.24) is 0 Å². The van der Waals surface area contributed by atoms with E-state index in [9.17, 15) is 4.79 Å². The van der Waals surface area contributed by atoms with Crippen molar-refractivity contribution >= 4 is 14.1 Å². The van der Waals surface area contributed by atoms with E-state index in [1.807, 2.05) is 0 Å². The van der Waals surface area contributed by atoms with Crippen molar-refractivity contribution in [2.24, 2.45) is 5.92 Å². The lowest BCUT2D eigenvalue weighted by molar-refractivity contribution is -0.121. The summed E-state index contributed by atoms with van der Waals surface area (Å²) in [6.07, 6.45) is 6.56. The first kappa shape index (κ1) is 16.9. The number of carbonyl (C=O) groups excluding carboxylic acids is 1. The molecule has 0 aromatic heterocycles. The third kappa shape index (κ3) is 4.71. The minimum absolute atomic E-state index is 0.194. The Kier molecular flexibility index (Phi) is 5.81. The van der Waals surface area contributed by atoms with Crippen LogP contribution in [-0.4, -0.2) is 20.2 Å². The molecule has 1 unspecified atom stereocenters. The molecule has 0 spiro atoms. The van der Waals surface area contributed by atoms with E-state index >= 15 is 0 Å². The SMILES string of the molecule is CCCCC[C@@H]1CC(O[Si](C)(C)C(C)(C)C)CC1=O. The van der Waals surface area contributed by atoms with E-state index in [2.05, 4.69) is 40.8 Å². The highest BCUT2D eigenvalue weighted by molar-refractivity contribution is 6.74. The fraction of sp³-hybridized carbons (Fsp3) is 0.938. The van der Waals surface area contributed by atoms with Crippen LogP contribution in [0, 0.1) is 5.92 Å². The van der Waals surface area contributed by atoms with Gasteiger partial charge < -0.3 is 4.43 Å². The molecule has 0 radical (unpaired) electrons.